The maximum absolute atomic E-state index is 11.4. The normalized spacial score (nSPS) is 10.4. The monoisotopic (exact) mass is 307 g/mol. The molecule has 1 aromatic carbocycles. The minimum atomic E-state index is -3.27. The van der Waals surface area contributed by atoms with E-state index in [2.05, 4.69) is 15.4 Å². The number of carbonyl (C=O) groups excluding carboxylic acids is 1. The number of sulfonamides is 1. The molecule has 0 atom stereocenters. The lowest BCUT2D eigenvalue weighted by atomic mass is 10.3. The first kappa shape index (κ1) is 17.7. The number of anilines is 2. The smallest absolute Gasteiger partial charge is 0.229 e. The second-order valence-corrected chi connectivity index (χ2v) is 5.60. The molecule has 0 heterocycles. The molecule has 19 heavy (non-hydrogen) atoms. The Labute approximate surface area is 119 Å². The molecule has 0 aromatic heterocycles. The molecule has 6 nitrogen and oxygen atoms in total. The van der Waals surface area contributed by atoms with E-state index in [0.29, 0.717) is 24.3 Å². The zero-order chi connectivity index (χ0) is 13.6. The van der Waals surface area contributed by atoms with Crippen LogP contribution >= 0.6 is 12.4 Å². The van der Waals surface area contributed by atoms with Gasteiger partial charge in [0, 0.05) is 24.3 Å². The van der Waals surface area contributed by atoms with Crippen LogP contribution in [0.5, 0.6) is 0 Å². The predicted octanol–water partition coefficient (Wildman–Crippen LogP) is 1.03. The van der Waals surface area contributed by atoms with Gasteiger partial charge in [-0.3, -0.25) is 9.52 Å². The van der Waals surface area contributed by atoms with Gasteiger partial charge in [-0.25, -0.2) is 8.42 Å². The first-order chi connectivity index (χ1) is 8.40. The number of nitrogens with one attached hydrogen (secondary N) is 3. The molecule has 0 aliphatic heterocycles. The van der Waals surface area contributed by atoms with E-state index >= 15 is 0 Å². The van der Waals surface area contributed by atoms with E-state index in [1.54, 1.807) is 31.3 Å². The highest BCUT2D eigenvalue weighted by atomic mass is 35.5. The molecule has 1 rings (SSSR count). The lowest BCUT2D eigenvalue weighted by Gasteiger charge is -2.07. The summed E-state index contributed by atoms with van der Waals surface area (Å²) in [5, 5.41) is 5.59. The molecule has 0 spiro atoms. The number of halogens is 1. The van der Waals surface area contributed by atoms with Crippen molar-refractivity contribution in [3.8, 4) is 0 Å². The van der Waals surface area contributed by atoms with E-state index in [4.69, 9.17) is 0 Å². The molecule has 3 N–H and O–H groups in total. The van der Waals surface area contributed by atoms with Gasteiger partial charge in [-0.05, 0) is 31.3 Å². The third-order valence-electron chi connectivity index (χ3n) is 2.07. The third-order valence-corrected chi connectivity index (χ3v) is 2.68. The predicted molar refractivity (Wildman–Crippen MR) is 79.3 cm³/mol. The number of amides is 1. The molecule has 1 amide bonds. The summed E-state index contributed by atoms with van der Waals surface area (Å²) in [4.78, 5) is 11.4. The molecule has 8 heteroatoms. The first-order valence-corrected chi connectivity index (χ1v) is 7.32. The maximum atomic E-state index is 11.4. The Morgan fingerprint density at radius 3 is 2.16 bits per heavy atom. The number of carbonyl (C=O) groups is 1. The van der Waals surface area contributed by atoms with Crippen molar-refractivity contribution in [2.45, 2.75) is 6.42 Å². The third kappa shape index (κ3) is 7.66. The highest BCUT2D eigenvalue weighted by Gasteiger charge is 2.03. The van der Waals surface area contributed by atoms with Crippen LogP contribution in [0.1, 0.15) is 6.42 Å². The average molecular weight is 308 g/mol. The number of benzene rings is 1. The molecule has 108 valence electrons. The molecule has 0 aliphatic carbocycles. The lowest BCUT2D eigenvalue weighted by Crippen LogP contribution is -2.18. The standard InChI is InChI=1S/C11H17N3O3S.ClH/c1-12-8-7-11(15)13-9-3-5-10(6-4-9)14-18(2,16)17;/h3-6,12,14H,7-8H2,1-2H3,(H,13,15);1H. The van der Waals surface area contributed by atoms with Gasteiger partial charge in [0.1, 0.15) is 0 Å². The number of rotatable bonds is 6. The summed E-state index contributed by atoms with van der Waals surface area (Å²) >= 11 is 0. The fourth-order valence-electron chi connectivity index (χ4n) is 1.30. The summed E-state index contributed by atoms with van der Waals surface area (Å²) < 4.78 is 24.3. The highest BCUT2D eigenvalue weighted by molar-refractivity contribution is 7.92. The summed E-state index contributed by atoms with van der Waals surface area (Å²) in [5.74, 6) is -0.0897. The second kappa shape index (κ2) is 7.98. The molecule has 1 aromatic rings. The zero-order valence-corrected chi connectivity index (χ0v) is 12.4. The quantitative estimate of drug-likeness (QED) is 0.732. The Bertz CT molecular complexity index is 502. The van der Waals surface area contributed by atoms with E-state index in [9.17, 15) is 13.2 Å². The van der Waals surface area contributed by atoms with Crippen LogP contribution in [0.3, 0.4) is 0 Å². The Morgan fingerprint density at radius 2 is 1.68 bits per heavy atom. The fraction of sp³-hybridized carbons (Fsp3) is 0.364. The van der Waals surface area contributed by atoms with Gasteiger partial charge in [-0.1, -0.05) is 0 Å². The van der Waals surface area contributed by atoms with Crippen LogP contribution in [0.4, 0.5) is 11.4 Å². The van der Waals surface area contributed by atoms with Crippen LogP contribution in [-0.2, 0) is 14.8 Å². The van der Waals surface area contributed by atoms with Crippen LogP contribution in [0.2, 0.25) is 0 Å². The van der Waals surface area contributed by atoms with E-state index in [0.717, 1.165) is 6.26 Å². The summed E-state index contributed by atoms with van der Waals surface area (Å²) in [6.45, 7) is 0.611. The van der Waals surface area contributed by atoms with Crippen molar-refractivity contribution in [2.75, 3.05) is 29.9 Å². The van der Waals surface area contributed by atoms with Crippen molar-refractivity contribution < 1.29 is 13.2 Å². The summed E-state index contributed by atoms with van der Waals surface area (Å²) in [6.07, 6.45) is 1.47. The van der Waals surface area contributed by atoms with Crippen molar-refractivity contribution >= 4 is 39.7 Å². The van der Waals surface area contributed by atoms with Crippen LogP contribution in [0, 0.1) is 0 Å². The summed E-state index contributed by atoms with van der Waals surface area (Å²) in [7, 11) is -1.49. The van der Waals surface area contributed by atoms with Gasteiger partial charge < -0.3 is 10.6 Å². The van der Waals surface area contributed by atoms with Gasteiger partial charge >= 0.3 is 0 Å². The Kier molecular flexibility index (Phi) is 7.43. The molecular weight excluding hydrogens is 290 g/mol. The number of hydrogen-bond acceptors (Lipinski definition) is 4. The van der Waals surface area contributed by atoms with E-state index in [1.807, 2.05) is 0 Å². The van der Waals surface area contributed by atoms with Gasteiger partial charge in [0.2, 0.25) is 15.9 Å². The molecule has 0 saturated carbocycles. The molecule has 0 fully saturated rings. The van der Waals surface area contributed by atoms with Crippen molar-refractivity contribution in [1.82, 2.24) is 5.32 Å². The maximum Gasteiger partial charge on any atom is 0.229 e. The van der Waals surface area contributed by atoms with E-state index in [-0.39, 0.29) is 18.3 Å². The zero-order valence-electron chi connectivity index (χ0n) is 10.8. The minimum Gasteiger partial charge on any atom is -0.326 e. The van der Waals surface area contributed by atoms with Crippen molar-refractivity contribution in [3.63, 3.8) is 0 Å². The SMILES string of the molecule is CNCCC(=O)Nc1ccc(NS(C)(=O)=O)cc1.Cl. The van der Waals surface area contributed by atoms with Crippen molar-refractivity contribution in [3.05, 3.63) is 24.3 Å². The minimum absolute atomic E-state index is 0. The van der Waals surface area contributed by atoms with Gasteiger partial charge in [0.15, 0.2) is 0 Å². The lowest BCUT2D eigenvalue weighted by molar-refractivity contribution is -0.116. The van der Waals surface area contributed by atoms with Crippen LogP contribution in [0.15, 0.2) is 24.3 Å². The summed E-state index contributed by atoms with van der Waals surface area (Å²) in [5.41, 5.74) is 1.10. The van der Waals surface area contributed by atoms with Crippen LogP contribution in [-0.4, -0.2) is 34.2 Å². The van der Waals surface area contributed by atoms with Gasteiger partial charge in [-0.15, -0.1) is 12.4 Å². The van der Waals surface area contributed by atoms with Crippen LogP contribution in [0.25, 0.3) is 0 Å². The molecule has 0 bridgehead atoms. The van der Waals surface area contributed by atoms with E-state index < -0.39 is 10.0 Å². The molecular formula is C11H18ClN3O3S. The van der Waals surface area contributed by atoms with Gasteiger partial charge in [-0.2, -0.15) is 0 Å². The van der Waals surface area contributed by atoms with Crippen LogP contribution < -0.4 is 15.4 Å². The first-order valence-electron chi connectivity index (χ1n) is 5.43. The van der Waals surface area contributed by atoms with Gasteiger partial charge in [0.25, 0.3) is 0 Å². The van der Waals surface area contributed by atoms with Gasteiger partial charge in [0.05, 0.1) is 6.26 Å². The van der Waals surface area contributed by atoms with Crippen molar-refractivity contribution in [2.24, 2.45) is 0 Å². The Balaban J connectivity index is 0.00000324. The molecule has 0 radical (unpaired) electrons. The Morgan fingerprint density at radius 1 is 1.16 bits per heavy atom. The molecule has 0 unspecified atom stereocenters. The molecule has 0 aliphatic rings. The topological polar surface area (TPSA) is 87.3 Å². The molecule has 0 saturated heterocycles. The Hall–Kier alpha value is -1.31. The fourth-order valence-corrected chi connectivity index (χ4v) is 1.86. The second-order valence-electron chi connectivity index (χ2n) is 3.85. The highest BCUT2D eigenvalue weighted by Crippen LogP contribution is 2.14. The number of hydrogen-bond donors (Lipinski definition) is 3. The van der Waals surface area contributed by atoms with E-state index in [1.165, 1.54) is 0 Å². The average Bonchev–Trinajstić information content (AvgIpc) is 2.27. The largest absolute Gasteiger partial charge is 0.326 e. The summed E-state index contributed by atoms with van der Waals surface area (Å²) in [6, 6.07) is 6.47. The van der Waals surface area contributed by atoms with Crippen molar-refractivity contribution in [1.29, 1.82) is 0 Å².